The van der Waals surface area contributed by atoms with Crippen molar-refractivity contribution in [3.05, 3.63) is 18.2 Å². The van der Waals surface area contributed by atoms with Crippen LogP contribution in [0.15, 0.2) is 18.2 Å². The van der Waals surface area contributed by atoms with Crippen molar-refractivity contribution in [2.45, 2.75) is 6.54 Å². The van der Waals surface area contributed by atoms with E-state index in [1.54, 1.807) is 10.9 Å². The molecule has 0 aliphatic carbocycles. The molecule has 1 aliphatic heterocycles. The Bertz CT molecular complexity index is 300. The van der Waals surface area contributed by atoms with E-state index in [9.17, 15) is 0 Å². The molecule has 0 saturated carbocycles. The number of fused-ring (bicyclic) bond motifs is 1. The highest BCUT2D eigenvalue weighted by Crippen LogP contribution is 2.12. The Labute approximate surface area is 63.1 Å². The molecule has 0 saturated heterocycles. The van der Waals surface area contributed by atoms with Gasteiger partial charge in [0.25, 0.3) is 0 Å². The van der Waals surface area contributed by atoms with Crippen LogP contribution in [-0.2, 0) is 6.54 Å². The number of anilines is 1. The van der Waals surface area contributed by atoms with E-state index in [0.717, 1.165) is 0 Å². The third kappa shape index (κ3) is 0.838. The fourth-order valence-corrected chi connectivity index (χ4v) is 1.02. The first-order chi connectivity index (χ1) is 5.27. The summed E-state index contributed by atoms with van der Waals surface area (Å²) in [7, 11) is 0. The Hall–Kier alpha value is -1.56. The van der Waals surface area contributed by atoms with Crippen LogP contribution < -0.4 is 16.6 Å². The monoisotopic (exact) mass is 152 g/mol. The van der Waals surface area contributed by atoms with Gasteiger partial charge < -0.3 is 5.73 Å². The second kappa shape index (κ2) is 1.96. The van der Waals surface area contributed by atoms with E-state index in [1.165, 1.54) is 11.3 Å². The van der Waals surface area contributed by atoms with E-state index in [0.29, 0.717) is 18.2 Å². The summed E-state index contributed by atoms with van der Waals surface area (Å²) >= 11 is 0. The lowest BCUT2D eigenvalue weighted by molar-refractivity contribution is 0.639. The molecule has 0 aromatic carbocycles. The van der Waals surface area contributed by atoms with Crippen LogP contribution in [0.3, 0.4) is 0 Å². The minimum absolute atomic E-state index is 0.559. The maximum Gasteiger partial charge on any atom is 0.242 e. The van der Waals surface area contributed by atoms with Crippen LogP contribution >= 0.6 is 0 Å². The Kier molecular flexibility index (Phi) is 1.10. The second-order valence-electron chi connectivity index (χ2n) is 2.33. The summed E-state index contributed by atoms with van der Waals surface area (Å²) in [6, 6.07) is 0. The molecule has 11 heavy (non-hydrogen) atoms. The molecule has 6 nitrogen and oxygen atoms in total. The third-order valence-electron chi connectivity index (χ3n) is 1.46. The quantitative estimate of drug-likeness (QED) is 0.455. The van der Waals surface area contributed by atoms with Gasteiger partial charge in [-0.2, -0.15) is 10.1 Å². The number of allylic oxidation sites excluding steroid dienone is 1. The first-order valence-electron chi connectivity index (χ1n) is 3.15. The SMILES string of the molecule is NC1=CN(N)c2ncnn2C1. The molecule has 58 valence electrons. The van der Waals surface area contributed by atoms with Gasteiger partial charge in [-0.05, 0) is 0 Å². The molecule has 1 aliphatic rings. The number of rotatable bonds is 0. The van der Waals surface area contributed by atoms with Crippen molar-refractivity contribution in [3.63, 3.8) is 0 Å². The number of hydrogen-bond acceptors (Lipinski definition) is 5. The van der Waals surface area contributed by atoms with Crippen LogP contribution in [0.2, 0.25) is 0 Å². The summed E-state index contributed by atoms with van der Waals surface area (Å²) in [6.45, 7) is 0.559. The fraction of sp³-hybridized carbons (Fsp3) is 0.200. The van der Waals surface area contributed by atoms with Gasteiger partial charge in [0.1, 0.15) is 6.33 Å². The van der Waals surface area contributed by atoms with Gasteiger partial charge >= 0.3 is 0 Å². The highest BCUT2D eigenvalue weighted by molar-refractivity contribution is 5.35. The van der Waals surface area contributed by atoms with Crippen LogP contribution in [0.4, 0.5) is 5.95 Å². The Morgan fingerprint density at radius 3 is 3.18 bits per heavy atom. The van der Waals surface area contributed by atoms with Gasteiger partial charge in [0, 0.05) is 11.9 Å². The Morgan fingerprint density at radius 2 is 2.36 bits per heavy atom. The van der Waals surface area contributed by atoms with Crippen molar-refractivity contribution in [2.75, 3.05) is 5.01 Å². The number of hydrazine groups is 1. The van der Waals surface area contributed by atoms with Gasteiger partial charge in [0.15, 0.2) is 0 Å². The molecule has 6 heteroatoms. The summed E-state index contributed by atoms with van der Waals surface area (Å²) in [6.07, 6.45) is 3.08. The highest BCUT2D eigenvalue weighted by Gasteiger charge is 2.14. The topological polar surface area (TPSA) is 86.0 Å². The summed E-state index contributed by atoms with van der Waals surface area (Å²) < 4.78 is 1.63. The molecule has 1 aromatic heterocycles. The molecular weight excluding hydrogens is 144 g/mol. The van der Waals surface area contributed by atoms with Crippen molar-refractivity contribution < 1.29 is 0 Å². The zero-order chi connectivity index (χ0) is 7.84. The Balaban J connectivity index is 2.45. The third-order valence-corrected chi connectivity index (χ3v) is 1.46. The molecule has 0 fully saturated rings. The van der Waals surface area contributed by atoms with Crippen LogP contribution in [-0.4, -0.2) is 14.8 Å². The molecule has 0 spiro atoms. The minimum atomic E-state index is 0.559. The van der Waals surface area contributed by atoms with Gasteiger partial charge in [-0.25, -0.2) is 10.5 Å². The summed E-state index contributed by atoms with van der Waals surface area (Å²) in [5.41, 5.74) is 6.22. The van der Waals surface area contributed by atoms with Crippen molar-refractivity contribution in [1.82, 2.24) is 14.8 Å². The standard InChI is InChI=1S/C5H8N6/c6-4-1-10(7)5-8-3-9-11(5)2-4/h1,3H,2,6-7H2. The lowest BCUT2D eigenvalue weighted by atomic mass is 10.4. The van der Waals surface area contributed by atoms with Crippen molar-refractivity contribution in [2.24, 2.45) is 11.6 Å². The molecular formula is C5H8N6. The minimum Gasteiger partial charge on any atom is -0.399 e. The molecule has 0 unspecified atom stereocenters. The summed E-state index contributed by atoms with van der Waals surface area (Å²) in [5, 5.41) is 5.27. The maximum atomic E-state index is 5.55. The summed E-state index contributed by atoms with van der Waals surface area (Å²) in [4.78, 5) is 3.92. The second-order valence-corrected chi connectivity index (χ2v) is 2.33. The first-order valence-corrected chi connectivity index (χ1v) is 3.15. The summed E-state index contributed by atoms with van der Waals surface area (Å²) in [5.74, 6) is 6.15. The Morgan fingerprint density at radius 1 is 1.55 bits per heavy atom. The van der Waals surface area contributed by atoms with Gasteiger partial charge in [-0.1, -0.05) is 0 Å². The number of hydrogen-bond donors (Lipinski definition) is 2. The first kappa shape index (κ1) is 6.17. The van der Waals surface area contributed by atoms with Gasteiger partial charge in [-0.3, -0.25) is 5.01 Å². The van der Waals surface area contributed by atoms with Crippen LogP contribution in [0, 0.1) is 0 Å². The van der Waals surface area contributed by atoms with Crippen molar-refractivity contribution in [1.29, 1.82) is 0 Å². The van der Waals surface area contributed by atoms with E-state index in [4.69, 9.17) is 11.6 Å². The molecule has 0 amide bonds. The van der Waals surface area contributed by atoms with Gasteiger partial charge in [-0.15, -0.1) is 0 Å². The number of nitrogens with two attached hydrogens (primary N) is 2. The molecule has 2 heterocycles. The van der Waals surface area contributed by atoms with E-state index >= 15 is 0 Å². The molecule has 0 bridgehead atoms. The molecule has 1 aromatic rings. The fourth-order valence-electron chi connectivity index (χ4n) is 1.02. The van der Waals surface area contributed by atoms with Gasteiger partial charge in [0.05, 0.1) is 6.54 Å². The smallest absolute Gasteiger partial charge is 0.242 e. The number of nitrogens with zero attached hydrogens (tertiary/aromatic N) is 4. The van der Waals surface area contributed by atoms with Crippen LogP contribution in [0.5, 0.6) is 0 Å². The lowest BCUT2D eigenvalue weighted by Crippen LogP contribution is -2.33. The highest BCUT2D eigenvalue weighted by atomic mass is 15.5. The van der Waals surface area contributed by atoms with Crippen molar-refractivity contribution >= 4 is 5.95 Å². The van der Waals surface area contributed by atoms with Crippen molar-refractivity contribution in [3.8, 4) is 0 Å². The van der Waals surface area contributed by atoms with E-state index < -0.39 is 0 Å². The maximum absolute atomic E-state index is 5.55. The molecule has 2 rings (SSSR count). The van der Waals surface area contributed by atoms with Crippen LogP contribution in [0.1, 0.15) is 0 Å². The average Bonchev–Trinajstić information content (AvgIpc) is 2.34. The predicted octanol–water partition coefficient (Wildman–Crippen LogP) is -1.23. The van der Waals surface area contributed by atoms with E-state index in [1.807, 2.05) is 0 Å². The lowest BCUT2D eigenvalue weighted by Gasteiger charge is -2.19. The molecule has 0 atom stereocenters. The largest absolute Gasteiger partial charge is 0.399 e. The zero-order valence-electron chi connectivity index (χ0n) is 5.81. The number of aromatic nitrogens is 3. The van der Waals surface area contributed by atoms with Crippen LogP contribution in [0.25, 0.3) is 0 Å². The normalized spacial score (nSPS) is 16.1. The molecule has 4 N–H and O–H groups in total. The average molecular weight is 152 g/mol. The van der Waals surface area contributed by atoms with E-state index in [-0.39, 0.29) is 0 Å². The zero-order valence-corrected chi connectivity index (χ0v) is 5.81. The van der Waals surface area contributed by atoms with Gasteiger partial charge in [0.2, 0.25) is 5.95 Å². The predicted molar refractivity (Wildman–Crippen MR) is 39.0 cm³/mol. The van der Waals surface area contributed by atoms with E-state index in [2.05, 4.69) is 10.1 Å². The molecule has 0 radical (unpaired) electrons.